The lowest BCUT2D eigenvalue weighted by Gasteiger charge is -2.31. The highest BCUT2D eigenvalue weighted by atomic mass is 32.1. The molecule has 4 heterocycles. The van der Waals surface area contributed by atoms with Gasteiger partial charge in [-0.2, -0.15) is 0 Å². The lowest BCUT2D eigenvalue weighted by Crippen LogP contribution is -2.46. The van der Waals surface area contributed by atoms with Crippen molar-refractivity contribution in [3.05, 3.63) is 16.6 Å². The van der Waals surface area contributed by atoms with Crippen LogP contribution < -0.4 is 5.32 Å². The van der Waals surface area contributed by atoms with Crippen molar-refractivity contribution in [2.24, 2.45) is 0 Å². The molecular weight excluding hydrogens is 328 g/mol. The van der Waals surface area contributed by atoms with Gasteiger partial charge in [0.15, 0.2) is 0 Å². The summed E-state index contributed by atoms with van der Waals surface area (Å²) in [4.78, 5) is 32.8. The standard InChI is InChI=1S/C16H22N4O3S/c21-13(20-8-1-2-12(20)14-18-7-9-24-14)10-19-11-16(23-15(19)22)3-5-17-6-4-16/h7,9,12,17H,1-6,8,10-11H2/t12-/m0/s1. The van der Waals surface area contributed by atoms with Crippen molar-refractivity contribution in [2.75, 3.05) is 32.7 Å². The van der Waals surface area contributed by atoms with Gasteiger partial charge in [-0.1, -0.05) is 0 Å². The van der Waals surface area contributed by atoms with Crippen LogP contribution in [0.4, 0.5) is 4.79 Å². The lowest BCUT2D eigenvalue weighted by molar-refractivity contribution is -0.132. The van der Waals surface area contributed by atoms with Crippen molar-refractivity contribution in [1.29, 1.82) is 0 Å². The summed E-state index contributed by atoms with van der Waals surface area (Å²) in [6.45, 7) is 3.08. The maximum atomic E-state index is 12.8. The van der Waals surface area contributed by atoms with E-state index in [1.807, 2.05) is 10.3 Å². The minimum absolute atomic E-state index is 0.00404. The Bertz CT molecular complexity index is 615. The Morgan fingerprint density at radius 2 is 2.29 bits per heavy atom. The summed E-state index contributed by atoms with van der Waals surface area (Å²) in [6.07, 6.45) is 4.98. The van der Waals surface area contributed by atoms with E-state index < -0.39 is 5.60 Å². The van der Waals surface area contributed by atoms with E-state index in [-0.39, 0.29) is 24.6 Å². The first kappa shape index (κ1) is 15.8. The molecule has 3 fully saturated rings. The van der Waals surface area contributed by atoms with Crippen molar-refractivity contribution in [2.45, 2.75) is 37.3 Å². The SMILES string of the molecule is O=C1OC2(CCNCC2)CN1CC(=O)N1CCC[C@H]1c1nccs1. The molecule has 4 rings (SSSR count). The Morgan fingerprint density at radius 1 is 1.46 bits per heavy atom. The molecule has 1 atom stereocenters. The number of hydrogen-bond donors (Lipinski definition) is 1. The molecule has 1 aromatic rings. The molecule has 0 aromatic carbocycles. The second kappa shape index (κ2) is 6.33. The fraction of sp³-hybridized carbons (Fsp3) is 0.688. The van der Waals surface area contributed by atoms with E-state index in [1.165, 1.54) is 0 Å². The number of ether oxygens (including phenoxy) is 1. The van der Waals surface area contributed by atoms with E-state index in [0.717, 1.165) is 50.3 Å². The highest BCUT2D eigenvalue weighted by Crippen LogP contribution is 2.34. The Morgan fingerprint density at radius 3 is 3.04 bits per heavy atom. The number of carbonyl (C=O) groups is 2. The average molecular weight is 350 g/mol. The number of carbonyl (C=O) groups excluding carboxylic acids is 2. The van der Waals surface area contributed by atoms with Gasteiger partial charge >= 0.3 is 6.09 Å². The van der Waals surface area contributed by atoms with E-state index in [1.54, 1.807) is 22.4 Å². The number of amides is 2. The molecule has 3 saturated heterocycles. The van der Waals surface area contributed by atoms with Crippen LogP contribution in [0, 0.1) is 0 Å². The molecule has 130 valence electrons. The average Bonchev–Trinajstić information content (AvgIpc) is 3.29. The van der Waals surface area contributed by atoms with Crippen LogP contribution >= 0.6 is 11.3 Å². The van der Waals surface area contributed by atoms with Crippen molar-refractivity contribution in [3.8, 4) is 0 Å². The quantitative estimate of drug-likeness (QED) is 0.891. The molecule has 1 aromatic heterocycles. The van der Waals surface area contributed by atoms with Crippen LogP contribution in [0.2, 0.25) is 0 Å². The Kier molecular flexibility index (Phi) is 4.17. The topological polar surface area (TPSA) is 74.8 Å². The Hall–Kier alpha value is -1.67. The van der Waals surface area contributed by atoms with Gasteiger partial charge in [0.25, 0.3) is 0 Å². The van der Waals surface area contributed by atoms with Gasteiger partial charge in [-0.3, -0.25) is 9.69 Å². The molecule has 0 saturated carbocycles. The molecule has 0 aliphatic carbocycles. The monoisotopic (exact) mass is 350 g/mol. The molecule has 0 radical (unpaired) electrons. The van der Waals surface area contributed by atoms with Crippen LogP contribution in [0.25, 0.3) is 0 Å². The Labute approximate surface area is 145 Å². The summed E-state index contributed by atoms with van der Waals surface area (Å²) < 4.78 is 5.63. The molecule has 2 amide bonds. The summed E-state index contributed by atoms with van der Waals surface area (Å²) in [5, 5.41) is 6.21. The molecular formula is C16H22N4O3S. The van der Waals surface area contributed by atoms with Gasteiger partial charge in [0.2, 0.25) is 5.91 Å². The highest BCUT2D eigenvalue weighted by Gasteiger charge is 2.46. The third-order valence-corrected chi connectivity index (χ3v) is 6.07. The minimum atomic E-state index is -0.400. The number of rotatable bonds is 3. The van der Waals surface area contributed by atoms with E-state index in [4.69, 9.17) is 4.74 Å². The molecule has 7 nitrogen and oxygen atoms in total. The number of likely N-dealkylation sites (tertiary alicyclic amines) is 1. The summed E-state index contributed by atoms with van der Waals surface area (Å²) in [5.41, 5.74) is -0.400. The van der Waals surface area contributed by atoms with Gasteiger partial charge in [0.05, 0.1) is 12.6 Å². The summed E-state index contributed by atoms with van der Waals surface area (Å²) in [7, 11) is 0. The predicted molar refractivity (Wildman–Crippen MR) is 88.7 cm³/mol. The van der Waals surface area contributed by atoms with Crippen molar-refractivity contribution in [1.82, 2.24) is 20.1 Å². The second-order valence-electron chi connectivity index (χ2n) is 6.77. The first-order valence-corrected chi connectivity index (χ1v) is 9.42. The minimum Gasteiger partial charge on any atom is -0.441 e. The zero-order valence-electron chi connectivity index (χ0n) is 13.6. The summed E-state index contributed by atoms with van der Waals surface area (Å²) in [5.74, 6) is -0.00404. The van der Waals surface area contributed by atoms with Crippen LogP contribution in [-0.2, 0) is 9.53 Å². The van der Waals surface area contributed by atoms with Crippen molar-refractivity contribution in [3.63, 3.8) is 0 Å². The maximum absolute atomic E-state index is 12.8. The first-order chi connectivity index (χ1) is 11.7. The van der Waals surface area contributed by atoms with Crippen LogP contribution in [0.3, 0.4) is 0 Å². The van der Waals surface area contributed by atoms with E-state index >= 15 is 0 Å². The number of thiazole rings is 1. The van der Waals surface area contributed by atoms with Gasteiger partial charge < -0.3 is 15.0 Å². The number of nitrogens with zero attached hydrogens (tertiary/aromatic N) is 3. The lowest BCUT2D eigenvalue weighted by atomic mass is 9.92. The molecule has 1 spiro atoms. The van der Waals surface area contributed by atoms with Crippen LogP contribution in [0.5, 0.6) is 0 Å². The largest absolute Gasteiger partial charge is 0.441 e. The van der Waals surface area contributed by atoms with E-state index in [0.29, 0.717) is 6.54 Å². The molecule has 3 aliphatic heterocycles. The van der Waals surface area contributed by atoms with E-state index in [2.05, 4.69) is 10.3 Å². The molecule has 0 unspecified atom stereocenters. The normalized spacial score (nSPS) is 26.2. The number of nitrogens with one attached hydrogen (secondary N) is 1. The fourth-order valence-electron chi connectivity index (χ4n) is 3.93. The molecule has 8 heteroatoms. The highest BCUT2D eigenvalue weighted by molar-refractivity contribution is 7.09. The van der Waals surface area contributed by atoms with Gasteiger partial charge in [-0.15, -0.1) is 11.3 Å². The molecule has 3 aliphatic rings. The fourth-order valence-corrected chi connectivity index (χ4v) is 4.72. The summed E-state index contributed by atoms with van der Waals surface area (Å²) >= 11 is 1.59. The van der Waals surface area contributed by atoms with E-state index in [9.17, 15) is 9.59 Å². The third kappa shape index (κ3) is 2.88. The summed E-state index contributed by atoms with van der Waals surface area (Å²) in [6, 6.07) is 0.0592. The smallest absolute Gasteiger partial charge is 0.410 e. The number of hydrogen-bond acceptors (Lipinski definition) is 6. The van der Waals surface area contributed by atoms with Crippen molar-refractivity contribution >= 4 is 23.3 Å². The van der Waals surface area contributed by atoms with Gasteiger partial charge in [0, 0.05) is 31.0 Å². The molecule has 0 bridgehead atoms. The Balaban J connectivity index is 1.41. The predicted octanol–water partition coefficient (Wildman–Crippen LogP) is 1.38. The van der Waals surface area contributed by atoms with Crippen LogP contribution in [0.1, 0.15) is 36.7 Å². The number of piperidine rings is 1. The number of aromatic nitrogens is 1. The van der Waals surface area contributed by atoms with Crippen molar-refractivity contribution < 1.29 is 14.3 Å². The third-order valence-electron chi connectivity index (χ3n) is 5.19. The van der Waals surface area contributed by atoms with Gasteiger partial charge in [-0.25, -0.2) is 9.78 Å². The molecule has 24 heavy (non-hydrogen) atoms. The zero-order valence-corrected chi connectivity index (χ0v) is 14.4. The van der Waals surface area contributed by atoms with Crippen LogP contribution in [-0.4, -0.2) is 65.1 Å². The zero-order chi connectivity index (χ0) is 16.6. The van der Waals surface area contributed by atoms with Crippen LogP contribution in [0.15, 0.2) is 11.6 Å². The van der Waals surface area contributed by atoms with Gasteiger partial charge in [0.1, 0.15) is 17.2 Å². The molecule has 1 N–H and O–H groups in total. The first-order valence-electron chi connectivity index (χ1n) is 8.54. The van der Waals surface area contributed by atoms with Gasteiger partial charge in [-0.05, 0) is 25.9 Å². The maximum Gasteiger partial charge on any atom is 0.410 e. The second-order valence-corrected chi connectivity index (χ2v) is 7.70.